The smallest absolute Gasteiger partial charge is 0.345 e. The Morgan fingerprint density at radius 2 is 1.72 bits per heavy atom. The molecule has 18 heavy (non-hydrogen) atoms. The predicted molar refractivity (Wildman–Crippen MR) is 77.6 cm³/mol. The highest BCUT2D eigenvalue weighted by atomic mass is 32.1. The Bertz CT molecular complexity index is 344. The molecule has 0 saturated heterocycles. The fourth-order valence-corrected chi connectivity index (χ4v) is 2.87. The van der Waals surface area contributed by atoms with Crippen molar-refractivity contribution in [1.82, 2.24) is 0 Å². The summed E-state index contributed by atoms with van der Waals surface area (Å²) in [5.41, 5.74) is 1.18. The zero-order valence-electron chi connectivity index (χ0n) is 11.3. The van der Waals surface area contributed by atoms with E-state index in [9.17, 15) is 4.79 Å². The Morgan fingerprint density at radius 3 is 2.28 bits per heavy atom. The van der Waals surface area contributed by atoms with Gasteiger partial charge < -0.3 is 5.11 Å². The number of hydrogen-bond acceptors (Lipinski definition) is 2. The second-order valence-corrected chi connectivity index (χ2v) is 5.76. The predicted octanol–water partition coefficient (Wildman–Crippen LogP) is 5.13. The summed E-state index contributed by atoms with van der Waals surface area (Å²) < 4.78 is 0. The van der Waals surface area contributed by atoms with Gasteiger partial charge in [-0.15, -0.1) is 11.3 Å². The standard InChI is InChI=1S/C15H24O2S/c1-2-3-4-5-6-7-8-9-10-13-11-14(15(16)17)18-12-13/h11-12H,2-10H2,1H3,(H,16,17). The van der Waals surface area contributed by atoms with E-state index in [1.165, 1.54) is 68.3 Å². The molecule has 102 valence electrons. The largest absolute Gasteiger partial charge is 0.477 e. The lowest BCUT2D eigenvalue weighted by Crippen LogP contribution is -1.90. The summed E-state index contributed by atoms with van der Waals surface area (Å²) >= 11 is 1.34. The summed E-state index contributed by atoms with van der Waals surface area (Å²) in [6.45, 7) is 2.24. The highest BCUT2D eigenvalue weighted by Gasteiger charge is 2.06. The first-order valence-corrected chi connectivity index (χ1v) is 7.92. The second kappa shape index (κ2) is 9.15. The monoisotopic (exact) mass is 268 g/mol. The number of rotatable bonds is 10. The normalized spacial score (nSPS) is 10.7. The molecule has 0 aliphatic heterocycles. The van der Waals surface area contributed by atoms with Crippen LogP contribution in [0.15, 0.2) is 11.4 Å². The minimum Gasteiger partial charge on any atom is -0.477 e. The van der Waals surface area contributed by atoms with Crippen LogP contribution in [0.25, 0.3) is 0 Å². The van der Waals surface area contributed by atoms with E-state index in [-0.39, 0.29) is 0 Å². The van der Waals surface area contributed by atoms with Crippen LogP contribution >= 0.6 is 11.3 Å². The molecule has 0 bridgehead atoms. The molecule has 0 spiro atoms. The van der Waals surface area contributed by atoms with Gasteiger partial charge in [-0.25, -0.2) is 4.79 Å². The molecule has 1 aromatic rings. The molecule has 0 saturated carbocycles. The number of aryl methyl sites for hydroxylation is 1. The summed E-state index contributed by atoms with van der Waals surface area (Å²) in [4.78, 5) is 11.2. The Balaban J connectivity index is 2.02. The molecule has 0 unspecified atom stereocenters. The number of thiophene rings is 1. The van der Waals surface area contributed by atoms with Crippen LogP contribution in [0, 0.1) is 0 Å². The van der Waals surface area contributed by atoms with Gasteiger partial charge in [-0.2, -0.15) is 0 Å². The van der Waals surface area contributed by atoms with E-state index in [0.717, 1.165) is 6.42 Å². The molecule has 0 aromatic carbocycles. The quantitative estimate of drug-likeness (QED) is 0.597. The Labute approximate surface area is 114 Å². The average molecular weight is 268 g/mol. The van der Waals surface area contributed by atoms with Crippen LogP contribution < -0.4 is 0 Å². The topological polar surface area (TPSA) is 37.3 Å². The van der Waals surface area contributed by atoms with Crippen molar-refractivity contribution in [1.29, 1.82) is 0 Å². The van der Waals surface area contributed by atoms with Crippen LogP contribution in [-0.2, 0) is 6.42 Å². The molecular formula is C15H24O2S. The zero-order valence-corrected chi connectivity index (χ0v) is 12.1. The van der Waals surface area contributed by atoms with E-state index >= 15 is 0 Å². The van der Waals surface area contributed by atoms with E-state index < -0.39 is 5.97 Å². The van der Waals surface area contributed by atoms with Crippen LogP contribution in [-0.4, -0.2) is 11.1 Å². The van der Waals surface area contributed by atoms with Gasteiger partial charge in [0.05, 0.1) is 0 Å². The number of carboxylic acids is 1. The van der Waals surface area contributed by atoms with E-state index in [0.29, 0.717) is 4.88 Å². The molecule has 1 aromatic heterocycles. The summed E-state index contributed by atoms with van der Waals surface area (Å²) in [7, 11) is 0. The van der Waals surface area contributed by atoms with Crippen molar-refractivity contribution >= 4 is 17.3 Å². The van der Waals surface area contributed by atoms with Crippen LogP contribution in [0.2, 0.25) is 0 Å². The molecule has 0 fully saturated rings. The van der Waals surface area contributed by atoms with Crippen molar-refractivity contribution in [3.05, 3.63) is 21.9 Å². The minimum absolute atomic E-state index is 0.463. The molecule has 2 nitrogen and oxygen atoms in total. The molecule has 0 aliphatic rings. The van der Waals surface area contributed by atoms with Gasteiger partial charge in [-0.1, -0.05) is 51.9 Å². The fraction of sp³-hybridized carbons (Fsp3) is 0.667. The third-order valence-electron chi connectivity index (χ3n) is 3.18. The van der Waals surface area contributed by atoms with Gasteiger partial charge in [0.15, 0.2) is 0 Å². The fourth-order valence-electron chi connectivity index (χ4n) is 2.08. The maximum atomic E-state index is 10.7. The van der Waals surface area contributed by atoms with Gasteiger partial charge in [-0.3, -0.25) is 0 Å². The molecule has 3 heteroatoms. The van der Waals surface area contributed by atoms with Crippen molar-refractivity contribution in [3.63, 3.8) is 0 Å². The highest BCUT2D eigenvalue weighted by Crippen LogP contribution is 2.17. The third-order valence-corrected chi connectivity index (χ3v) is 4.15. The van der Waals surface area contributed by atoms with E-state index in [1.807, 2.05) is 11.4 Å². The molecule has 1 rings (SSSR count). The molecule has 0 radical (unpaired) electrons. The second-order valence-electron chi connectivity index (χ2n) is 4.85. The van der Waals surface area contributed by atoms with Crippen LogP contribution in [0.5, 0.6) is 0 Å². The maximum absolute atomic E-state index is 10.7. The first-order chi connectivity index (χ1) is 8.74. The first kappa shape index (κ1) is 15.2. The summed E-state index contributed by atoms with van der Waals surface area (Å²) in [5, 5.41) is 10.8. The SMILES string of the molecule is CCCCCCCCCCc1csc(C(=O)O)c1. The minimum atomic E-state index is -0.804. The zero-order chi connectivity index (χ0) is 13.2. The summed E-state index contributed by atoms with van der Waals surface area (Å²) in [5.74, 6) is -0.804. The molecule has 1 N–H and O–H groups in total. The highest BCUT2D eigenvalue weighted by molar-refractivity contribution is 7.12. The molecule has 0 atom stereocenters. The van der Waals surface area contributed by atoms with Crippen molar-refractivity contribution < 1.29 is 9.90 Å². The molecule has 1 heterocycles. The van der Waals surface area contributed by atoms with Crippen LogP contribution in [0.4, 0.5) is 0 Å². The molecule has 0 amide bonds. The van der Waals surface area contributed by atoms with Gasteiger partial charge in [0.2, 0.25) is 0 Å². The lowest BCUT2D eigenvalue weighted by molar-refractivity contribution is 0.0702. The van der Waals surface area contributed by atoms with E-state index in [4.69, 9.17) is 5.11 Å². The summed E-state index contributed by atoms with van der Waals surface area (Å²) in [6.07, 6.45) is 11.6. The summed E-state index contributed by atoms with van der Waals surface area (Å²) in [6, 6.07) is 1.81. The van der Waals surface area contributed by atoms with Crippen molar-refractivity contribution in [2.45, 2.75) is 64.7 Å². The number of carboxylic acid groups (broad SMARTS) is 1. The van der Waals surface area contributed by atoms with Gasteiger partial charge in [0.1, 0.15) is 4.88 Å². The lowest BCUT2D eigenvalue weighted by Gasteiger charge is -2.00. The lowest BCUT2D eigenvalue weighted by atomic mass is 10.1. The molecular weight excluding hydrogens is 244 g/mol. The van der Waals surface area contributed by atoms with Gasteiger partial charge in [-0.05, 0) is 29.9 Å². The molecule has 0 aliphatic carbocycles. The van der Waals surface area contributed by atoms with Gasteiger partial charge in [0, 0.05) is 0 Å². The van der Waals surface area contributed by atoms with Crippen molar-refractivity contribution in [2.75, 3.05) is 0 Å². The van der Waals surface area contributed by atoms with E-state index in [2.05, 4.69) is 6.92 Å². The van der Waals surface area contributed by atoms with Crippen molar-refractivity contribution in [2.24, 2.45) is 0 Å². The number of aromatic carboxylic acids is 1. The van der Waals surface area contributed by atoms with Crippen molar-refractivity contribution in [3.8, 4) is 0 Å². The maximum Gasteiger partial charge on any atom is 0.345 e. The first-order valence-electron chi connectivity index (χ1n) is 7.04. The van der Waals surface area contributed by atoms with E-state index in [1.54, 1.807) is 0 Å². The average Bonchev–Trinajstić information content (AvgIpc) is 2.81. The number of carbonyl (C=O) groups is 1. The number of hydrogen-bond donors (Lipinski definition) is 1. The number of unbranched alkanes of at least 4 members (excludes halogenated alkanes) is 7. The van der Waals surface area contributed by atoms with Crippen LogP contribution in [0.3, 0.4) is 0 Å². The Kier molecular flexibility index (Phi) is 7.74. The van der Waals surface area contributed by atoms with Gasteiger partial charge >= 0.3 is 5.97 Å². The third kappa shape index (κ3) is 6.20. The Morgan fingerprint density at radius 1 is 1.11 bits per heavy atom. The van der Waals surface area contributed by atoms with Gasteiger partial charge in [0.25, 0.3) is 0 Å². The Hall–Kier alpha value is -0.830. The van der Waals surface area contributed by atoms with Crippen LogP contribution in [0.1, 0.15) is 73.5 Å².